The first kappa shape index (κ1) is 14.9. The molecule has 0 aliphatic carbocycles. The van der Waals surface area contributed by atoms with Crippen molar-refractivity contribution in [2.75, 3.05) is 40.4 Å². The van der Waals surface area contributed by atoms with Gasteiger partial charge < -0.3 is 9.47 Å². The lowest BCUT2D eigenvalue weighted by Gasteiger charge is -2.36. The maximum absolute atomic E-state index is 13.5. The summed E-state index contributed by atoms with van der Waals surface area (Å²) >= 11 is 1.25. The molecule has 0 amide bonds. The number of hydrogen-bond donors (Lipinski definition) is 0. The van der Waals surface area contributed by atoms with Gasteiger partial charge in [0.2, 0.25) is 10.9 Å². The van der Waals surface area contributed by atoms with Crippen molar-refractivity contribution in [1.29, 1.82) is 0 Å². The molecule has 0 N–H and O–H groups in total. The third kappa shape index (κ3) is 2.97. The molecule has 8 heteroatoms. The first-order valence-electron chi connectivity index (χ1n) is 6.93. The average molecular weight is 319 g/mol. The molecular formula is C13H19F2N3O2S. The van der Waals surface area contributed by atoms with Gasteiger partial charge in [0.25, 0.3) is 5.92 Å². The van der Waals surface area contributed by atoms with Crippen molar-refractivity contribution in [2.45, 2.75) is 24.9 Å². The van der Waals surface area contributed by atoms with Crippen molar-refractivity contribution in [1.82, 2.24) is 14.2 Å². The lowest BCUT2D eigenvalue weighted by molar-refractivity contribution is 0.0119. The molecular weight excluding hydrogens is 300 g/mol. The Morgan fingerprint density at radius 2 is 2.14 bits per heavy atom. The average Bonchev–Trinajstić information content (AvgIpc) is 2.96. The van der Waals surface area contributed by atoms with Gasteiger partial charge in [-0.15, -0.1) is 0 Å². The molecule has 1 aromatic heterocycles. The summed E-state index contributed by atoms with van der Waals surface area (Å²) in [7, 11) is 3.18. The topological polar surface area (TPSA) is 37.8 Å². The number of fused-ring (bicyclic) bond motifs is 1. The molecule has 3 rings (SSSR count). The van der Waals surface area contributed by atoms with Crippen LogP contribution in [0.25, 0.3) is 0 Å². The van der Waals surface area contributed by atoms with Crippen LogP contribution in [0.1, 0.15) is 12.0 Å². The molecule has 1 aromatic rings. The molecule has 5 nitrogen and oxygen atoms in total. The van der Waals surface area contributed by atoms with Crippen molar-refractivity contribution < 1.29 is 18.3 Å². The van der Waals surface area contributed by atoms with Gasteiger partial charge in [-0.2, -0.15) is 4.37 Å². The minimum atomic E-state index is -2.54. The van der Waals surface area contributed by atoms with Crippen LogP contribution in [0.5, 0.6) is 10.9 Å². The number of alkyl halides is 2. The van der Waals surface area contributed by atoms with Gasteiger partial charge >= 0.3 is 0 Å². The molecule has 3 heterocycles. The largest absolute Gasteiger partial charge is 0.486 e. The quantitative estimate of drug-likeness (QED) is 0.844. The first-order valence-corrected chi connectivity index (χ1v) is 7.70. The molecule has 2 saturated heterocycles. The molecule has 118 valence electrons. The van der Waals surface area contributed by atoms with Crippen molar-refractivity contribution in [3.8, 4) is 10.9 Å². The molecule has 0 unspecified atom stereocenters. The molecule has 0 spiro atoms. The zero-order valence-electron chi connectivity index (χ0n) is 12.1. The van der Waals surface area contributed by atoms with Crippen LogP contribution < -0.4 is 9.47 Å². The van der Waals surface area contributed by atoms with E-state index in [2.05, 4.69) is 9.27 Å². The van der Waals surface area contributed by atoms with Gasteiger partial charge in [-0.25, -0.2) is 8.78 Å². The minimum Gasteiger partial charge on any atom is -0.486 e. The number of piperazine rings is 1. The normalized spacial score (nSPS) is 25.8. The summed E-state index contributed by atoms with van der Waals surface area (Å²) < 4.78 is 41.7. The van der Waals surface area contributed by atoms with Gasteiger partial charge in [0.05, 0.1) is 26.3 Å². The fourth-order valence-electron chi connectivity index (χ4n) is 3.17. The van der Waals surface area contributed by atoms with Gasteiger partial charge in [-0.1, -0.05) is 0 Å². The van der Waals surface area contributed by atoms with E-state index < -0.39 is 5.92 Å². The minimum absolute atomic E-state index is 0.0420. The third-order valence-corrected chi connectivity index (χ3v) is 4.97. The number of ether oxygens (including phenoxy) is 2. The molecule has 0 saturated carbocycles. The summed E-state index contributed by atoms with van der Waals surface area (Å²) in [5.74, 6) is -1.98. The van der Waals surface area contributed by atoms with E-state index in [4.69, 9.17) is 9.47 Å². The fraction of sp³-hybridized carbons (Fsp3) is 0.769. The van der Waals surface area contributed by atoms with E-state index in [1.54, 1.807) is 14.2 Å². The van der Waals surface area contributed by atoms with Crippen LogP contribution in [0.15, 0.2) is 0 Å². The van der Waals surface area contributed by atoms with E-state index in [-0.39, 0.29) is 19.0 Å². The highest BCUT2D eigenvalue weighted by atomic mass is 32.1. The number of nitrogens with zero attached hydrogens (tertiary/aromatic N) is 3. The Morgan fingerprint density at radius 3 is 2.86 bits per heavy atom. The predicted octanol–water partition coefficient (Wildman–Crippen LogP) is 1.69. The van der Waals surface area contributed by atoms with Crippen LogP contribution in [-0.4, -0.2) is 66.5 Å². The van der Waals surface area contributed by atoms with Gasteiger partial charge in [0.15, 0.2) is 0 Å². The fourth-order valence-corrected chi connectivity index (χ4v) is 3.85. The number of methoxy groups -OCH3 is 2. The van der Waals surface area contributed by atoms with E-state index in [0.717, 1.165) is 17.2 Å². The summed E-state index contributed by atoms with van der Waals surface area (Å²) in [6.07, 6.45) is -0.0420. The Hall–Kier alpha value is -0.990. The maximum atomic E-state index is 13.5. The summed E-state index contributed by atoms with van der Waals surface area (Å²) in [4.78, 5) is 4.08. The number of aromatic nitrogens is 1. The van der Waals surface area contributed by atoms with Gasteiger partial charge in [-0.05, 0) is 0 Å². The molecule has 2 aliphatic heterocycles. The number of hydrogen-bond acceptors (Lipinski definition) is 6. The Balaban J connectivity index is 1.68. The lowest BCUT2D eigenvalue weighted by Crippen LogP contribution is -2.49. The Bertz CT molecular complexity index is 490. The van der Waals surface area contributed by atoms with Crippen LogP contribution >= 0.6 is 11.5 Å². The van der Waals surface area contributed by atoms with Crippen molar-refractivity contribution in [3.63, 3.8) is 0 Å². The second kappa shape index (κ2) is 5.66. The van der Waals surface area contributed by atoms with Crippen LogP contribution in [-0.2, 0) is 6.54 Å². The van der Waals surface area contributed by atoms with Gasteiger partial charge in [0.1, 0.15) is 0 Å². The van der Waals surface area contributed by atoms with E-state index in [1.165, 1.54) is 11.5 Å². The SMILES string of the molecule is COc1nsc(OC)c1CN1CCN2CC(F)(F)C[C@H]2C1. The second-order valence-electron chi connectivity index (χ2n) is 5.58. The van der Waals surface area contributed by atoms with Crippen LogP contribution in [0, 0.1) is 0 Å². The van der Waals surface area contributed by atoms with Crippen molar-refractivity contribution in [2.24, 2.45) is 0 Å². The van der Waals surface area contributed by atoms with Gasteiger partial charge in [0, 0.05) is 50.2 Å². The predicted molar refractivity (Wildman–Crippen MR) is 75.4 cm³/mol. The molecule has 0 aromatic carbocycles. The smallest absolute Gasteiger partial charge is 0.262 e. The summed E-state index contributed by atoms with van der Waals surface area (Å²) in [5.41, 5.74) is 0.906. The molecule has 2 fully saturated rings. The molecule has 21 heavy (non-hydrogen) atoms. The highest BCUT2D eigenvalue weighted by molar-refractivity contribution is 7.08. The maximum Gasteiger partial charge on any atom is 0.262 e. The lowest BCUT2D eigenvalue weighted by atomic mass is 10.1. The molecule has 0 bridgehead atoms. The number of rotatable bonds is 4. The van der Waals surface area contributed by atoms with E-state index in [0.29, 0.717) is 25.5 Å². The third-order valence-electron chi connectivity index (χ3n) is 4.13. The Kier molecular flexibility index (Phi) is 4.02. The highest BCUT2D eigenvalue weighted by Gasteiger charge is 2.46. The highest BCUT2D eigenvalue weighted by Crippen LogP contribution is 2.36. The summed E-state index contributed by atoms with van der Waals surface area (Å²) in [6, 6.07) is -0.0580. The summed E-state index contributed by atoms with van der Waals surface area (Å²) in [5, 5.41) is 0.728. The Morgan fingerprint density at radius 1 is 1.33 bits per heavy atom. The molecule has 0 radical (unpaired) electrons. The van der Waals surface area contributed by atoms with E-state index >= 15 is 0 Å². The summed E-state index contributed by atoms with van der Waals surface area (Å²) in [6.45, 7) is 2.63. The van der Waals surface area contributed by atoms with Crippen LogP contribution in [0.2, 0.25) is 0 Å². The Labute approximate surface area is 126 Å². The van der Waals surface area contributed by atoms with Gasteiger partial charge in [-0.3, -0.25) is 9.80 Å². The monoisotopic (exact) mass is 319 g/mol. The molecule has 1 atom stereocenters. The van der Waals surface area contributed by atoms with Crippen LogP contribution in [0.3, 0.4) is 0 Å². The second-order valence-corrected chi connectivity index (χ2v) is 6.32. The van der Waals surface area contributed by atoms with Crippen molar-refractivity contribution in [3.05, 3.63) is 5.56 Å². The van der Waals surface area contributed by atoms with E-state index in [1.807, 2.05) is 4.90 Å². The molecule has 2 aliphatic rings. The van der Waals surface area contributed by atoms with Crippen LogP contribution in [0.4, 0.5) is 8.78 Å². The standard InChI is InChI=1S/C13H19F2N3O2S/c1-19-11-10(12(20-2)21-16-11)7-17-3-4-18-8-13(14,15)5-9(18)6-17/h9H,3-8H2,1-2H3/t9-/m0/s1. The number of halogens is 2. The van der Waals surface area contributed by atoms with Crippen molar-refractivity contribution >= 4 is 11.5 Å². The van der Waals surface area contributed by atoms with E-state index in [9.17, 15) is 8.78 Å². The first-order chi connectivity index (χ1) is 10.0. The zero-order chi connectivity index (χ0) is 15.0. The zero-order valence-corrected chi connectivity index (χ0v) is 13.0.